The maximum atomic E-state index is 5.60. The Hall–Kier alpha value is -3.07. The summed E-state index contributed by atoms with van der Waals surface area (Å²) in [6.45, 7) is 2.49. The summed E-state index contributed by atoms with van der Waals surface area (Å²) in [7, 11) is 0. The van der Waals surface area contributed by atoms with Crippen LogP contribution in [0.4, 0.5) is 0 Å². The molecular formula is C17H14N4O4S. The fourth-order valence-electron chi connectivity index (χ4n) is 2.25. The molecule has 0 aliphatic rings. The third-order valence-corrected chi connectivity index (χ3v) is 4.16. The highest BCUT2D eigenvalue weighted by Crippen LogP contribution is 2.29. The van der Waals surface area contributed by atoms with Gasteiger partial charge in [0.2, 0.25) is 11.7 Å². The Bertz CT molecular complexity index is 980. The summed E-state index contributed by atoms with van der Waals surface area (Å²) in [6, 6.07) is 11.1. The molecule has 0 saturated heterocycles. The fraction of sp³-hybridized carbons (Fsp3) is 0.176. The first-order valence-electron chi connectivity index (χ1n) is 7.88. The third-order valence-electron chi connectivity index (χ3n) is 3.35. The molecule has 1 aromatic carbocycles. The number of ether oxygens (including phenoxy) is 1. The second-order valence-electron chi connectivity index (χ2n) is 5.08. The Kier molecular flexibility index (Phi) is 4.69. The Morgan fingerprint density at radius 2 is 2.04 bits per heavy atom. The molecule has 3 aromatic heterocycles. The highest BCUT2D eigenvalue weighted by Gasteiger charge is 2.15. The van der Waals surface area contributed by atoms with Gasteiger partial charge in [0.25, 0.3) is 11.1 Å². The first-order chi connectivity index (χ1) is 12.8. The van der Waals surface area contributed by atoms with Crippen LogP contribution in [0.25, 0.3) is 23.0 Å². The lowest BCUT2D eigenvalue weighted by atomic mass is 10.2. The molecule has 0 bridgehead atoms. The number of para-hydroxylation sites is 1. The molecule has 0 radical (unpaired) electrons. The molecule has 26 heavy (non-hydrogen) atoms. The number of benzene rings is 1. The van der Waals surface area contributed by atoms with Crippen LogP contribution in [-0.2, 0) is 5.75 Å². The second-order valence-corrected chi connectivity index (χ2v) is 6.01. The van der Waals surface area contributed by atoms with Crippen LogP contribution in [0.15, 0.2) is 61.2 Å². The SMILES string of the molecule is CCOc1ccccc1-c1noc(CSc2nnc(-c3ccco3)o2)n1. The zero-order valence-electron chi connectivity index (χ0n) is 13.8. The van der Waals surface area contributed by atoms with Crippen molar-refractivity contribution in [3.63, 3.8) is 0 Å². The van der Waals surface area contributed by atoms with E-state index in [1.54, 1.807) is 18.4 Å². The van der Waals surface area contributed by atoms with Crippen molar-refractivity contribution in [2.75, 3.05) is 6.61 Å². The van der Waals surface area contributed by atoms with Gasteiger partial charge in [-0.1, -0.05) is 29.1 Å². The van der Waals surface area contributed by atoms with Gasteiger partial charge >= 0.3 is 0 Å². The summed E-state index contributed by atoms with van der Waals surface area (Å²) in [5.74, 6) is 2.91. The number of furan rings is 1. The van der Waals surface area contributed by atoms with Crippen LogP contribution in [0.5, 0.6) is 5.75 Å². The van der Waals surface area contributed by atoms with E-state index in [1.807, 2.05) is 31.2 Å². The molecule has 0 spiro atoms. The lowest BCUT2D eigenvalue weighted by Crippen LogP contribution is -1.94. The Morgan fingerprint density at radius 1 is 1.12 bits per heavy atom. The molecule has 0 aliphatic heterocycles. The van der Waals surface area contributed by atoms with E-state index in [0.29, 0.717) is 40.9 Å². The van der Waals surface area contributed by atoms with Gasteiger partial charge in [-0.2, -0.15) is 4.98 Å². The van der Waals surface area contributed by atoms with Crippen LogP contribution in [0.1, 0.15) is 12.8 Å². The lowest BCUT2D eigenvalue weighted by Gasteiger charge is -2.05. The Labute approximate surface area is 152 Å². The standard InChI is InChI=1S/C17H14N4O4S/c1-2-22-12-7-4-3-6-11(12)15-18-14(25-21-15)10-26-17-20-19-16(24-17)13-8-5-9-23-13/h3-9H,2,10H2,1H3. The number of thioether (sulfide) groups is 1. The van der Waals surface area contributed by atoms with Crippen LogP contribution < -0.4 is 4.74 Å². The minimum absolute atomic E-state index is 0.328. The zero-order chi connectivity index (χ0) is 17.8. The predicted molar refractivity (Wildman–Crippen MR) is 92.5 cm³/mol. The number of hydrogen-bond donors (Lipinski definition) is 0. The second kappa shape index (κ2) is 7.44. The highest BCUT2D eigenvalue weighted by molar-refractivity contribution is 7.98. The largest absolute Gasteiger partial charge is 0.493 e. The van der Waals surface area contributed by atoms with Gasteiger partial charge in [-0.15, -0.1) is 10.2 Å². The number of nitrogens with zero attached hydrogens (tertiary/aromatic N) is 4. The third kappa shape index (κ3) is 3.47. The number of aromatic nitrogens is 4. The lowest BCUT2D eigenvalue weighted by molar-refractivity contribution is 0.341. The normalized spacial score (nSPS) is 11.0. The Morgan fingerprint density at radius 3 is 2.88 bits per heavy atom. The van der Waals surface area contributed by atoms with Crippen molar-refractivity contribution in [3.8, 4) is 28.8 Å². The van der Waals surface area contributed by atoms with Crippen molar-refractivity contribution in [2.24, 2.45) is 0 Å². The molecule has 0 fully saturated rings. The first-order valence-corrected chi connectivity index (χ1v) is 8.87. The molecule has 0 amide bonds. The van der Waals surface area contributed by atoms with Gasteiger partial charge in [-0.25, -0.2) is 0 Å². The van der Waals surface area contributed by atoms with Gasteiger partial charge < -0.3 is 18.1 Å². The van der Waals surface area contributed by atoms with Crippen LogP contribution >= 0.6 is 11.8 Å². The number of rotatable bonds is 7. The van der Waals surface area contributed by atoms with Crippen molar-refractivity contribution >= 4 is 11.8 Å². The minimum atomic E-state index is 0.328. The van der Waals surface area contributed by atoms with Gasteiger partial charge in [0.1, 0.15) is 5.75 Å². The quantitative estimate of drug-likeness (QED) is 0.445. The predicted octanol–water partition coefficient (Wildman–Crippen LogP) is 4.07. The first kappa shape index (κ1) is 16.4. The van der Waals surface area contributed by atoms with E-state index in [0.717, 1.165) is 11.3 Å². The molecule has 8 nitrogen and oxygen atoms in total. The average Bonchev–Trinajstić information content (AvgIpc) is 3.41. The van der Waals surface area contributed by atoms with Gasteiger partial charge in [-0.3, -0.25) is 0 Å². The molecule has 0 atom stereocenters. The molecule has 0 N–H and O–H groups in total. The average molecular weight is 370 g/mol. The van der Waals surface area contributed by atoms with E-state index in [4.69, 9.17) is 18.1 Å². The van der Waals surface area contributed by atoms with Crippen molar-refractivity contribution in [2.45, 2.75) is 17.9 Å². The van der Waals surface area contributed by atoms with E-state index < -0.39 is 0 Å². The van der Waals surface area contributed by atoms with Crippen LogP contribution in [0, 0.1) is 0 Å². The monoisotopic (exact) mass is 370 g/mol. The number of hydrogen-bond acceptors (Lipinski definition) is 9. The maximum absolute atomic E-state index is 5.60. The topological polar surface area (TPSA) is 100 Å². The molecule has 3 heterocycles. The minimum Gasteiger partial charge on any atom is -0.493 e. The molecule has 9 heteroatoms. The van der Waals surface area contributed by atoms with Gasteiger partial charge in [-0.05, 0) is 31.2 Å². The molecule has 132 valence electrons. The van der Waals surface area contributed by atoms with Gasteiger partial charge in [0.05, 0.1) is 24.2 Å². The Balaban J connectivity index is 1.45. The van der Waals surface area contributed by atoms with E-state index in [2.05, 4.69) is 20.3 Å². The summed E-state index contributed by atoms with van der Waals surface area (Å²) < 4.78 is 21.7. The fourth-order valence-corrected chi connectivity index (χ4v) is 2.85. The summed E-state index contributed by atoms with van der Waals surface area (Å²) in [6.07, 6.45) is 1.55. The van der Waals surface area contributed by atoms with Crippen LogP contribution in [-0.4, -0.2) is 26.9 Å². The molecule has 4 rings (SSSR count). The van der Waals surface area contributed by atoms with E-state index >= 15 is 0 Å². The zero-order valence-corrected chi connectivity index (χ0v) is 14.6. The van der Waals surface area contributed by atoms with Crippen molar-refractivity contribution in [1.29, 1.82) is 0 Å². The summed E-state index contributed by atoms with van der Waals surface area (Å²) in [4.78, 5) is 4.41. The van der Waals surface area contributed by atoms with Crippen molar-refractivity contribution in [3.05, 3.63) is 48.6 Å². The van der Waals surface area contributed by atoms with E-state index in [-0.39, 0.29) is 0 Å². The molecule has 0 saturated carbocycles. The summed E-state index contributed by atoms with van der Waals surface area (Å²) >= 11 is 1.31. The summed E-state index contributed by atoms with van der Waals surface area (Å²) in [5, 5.41) is 12.3. The van der Waals surface area contributed by atoms with E-state index in [9.17, 15) is 0 Å². The van der Waals surface area contributed by atoms with Crippen molar-refractivity contribution in [1.82, 2.24) is 20.3 Å². The van der Waals surface area contributed by atoms with E-state index in [1.165, 1.54) is 11.8 Å². The van der Waals surface area contributed by atoms with Gasteiger partial charge in [0.15, 0.2) is 5.76 Å². The van der Waals surface area contributed by atoms with Gasteiger partial charge in [0, 0.05) is 0 Å². The van der Waals surface area contributed by atoms with Crippen molar-refractivity contribution < 1.29 is 18.1 Å². The maximum Gasteiger partial charge on any atom is 0.284 e. The molecule has 0 aliphatic carbocycles. The molecule has 4 aromatic rings. The summed E-state index contributed by atoms with van der Waals surface area (Å²) in [5.41, 5.74) is 0.784. The molecule has 0 unspecified atom stereocenters. The highest BCUT2D eigenvalue weighted by atomic mass is 32.2. The van der Waals surface area contributed by atoms with Crippen LogP contribution in [0.2, 0.25) is 0 Å². The molecular weight excluding hydrogens is 356 g/mol. The van der Waals surface area contributed by atoms with Crippen LogP contribution in [0.3, 0.4) is 0 Å². The smallest absolute Gasteiger partial charge is 0.284 e.